The van der Waals surface area contributed by atoms with Crippen molar-refractivity contribution in [2.75, 3.05) is 5.32 Å². The lowest BCUT2D eigenvalue weighted by Gasteiger charge is -2.22. The second-order valence-electron chi connectivity index (χ2n) is 7.65. The first-order chi connectivity index (χ1) is 14.4. The van der Waals surface area contributed by atoms with Gasteiger partial charge in [-0.25, -0.2) is 9.78 Å². The van der Waals surface area contributed by atoms with Gasteiger partial charge in [-0.2, -0.15) is 0 Å². The Morgan fingerprint density at radius 2 is 1.90 bits per heavy atom. The maximum atomic E-state index is 12.5. The number of hydrogen-bond acceptors (Lipinski definition) is 6. The molecule has 2 amide bonds. The standard InChI is InChI=1S/C22H27N3O4S/c1-14-7-9-17(10-8-14)24-19(27)11-20-25-18(13-30-20)12-29-22(28)21(23-15(2)26)16-5-3-4-6-16/h7-10,13,16,21H,3-6,11-12H2,1-2H3,(H,23,26)(H,24,27). The third kappa shape index (κ3) is 6.38. The highest BCUT2D eigenvalue weighted by atomic mass is 32.1. The van der Waals surface area contributed by atoms with Gasteiger partial charge in [-0.05, 0) is 37.8 Å². The van der Waals surface area contributed by atoms with Gasteiger partial charge in [0, 0.05) is 18.0 Å². The number of aryl methyl sites for hydroxylation is 1. The molecule has 1 atom stereocenters. The minimum Gasteiger partial charge on any atom is -0.458 e. The van der Waals surface area contributed by atoms with Crippen molar-refractivity contribution < 1.29 is 19.1 Å². The van der Waals surface area contributed by atoms with Gasteiger partial charge in [-0.1, -0.05) is 30.5 Å². The molecule has 160 valence electrons. The summed E-state index contributed by atoms with van der Waals surface area (Å²) in [7, 11) is 0. The van der Waals surface area contributed by atoms with E-state index in [1.165, 1.54) is 18.3 Å². The van der Waals surface area contributed by atoms with Gasteiger partial charge in [0.25, 0.3) is 0 Å². The average Bonchev–Trinajstić information content (AvgIpc) is 3.38. The number of esters is 1. The minimum absolute atomic E-state index is 0.0255. The Morgan fingerprint density at radius 1 is 1.20 bits per heavy atom. The number of nitrogens with one attached hydrogen (secondary N) is 2. The monoisotopic (exact) mass is 429 g/mol. The molecule has 0 aliphatic heterocycles. The summed E-state index contributed by atoms with van der Waals surface area (Å²) in [5, 5.41) is 8.01. The molecular formula is C22H27N3O4S. The number of anilines is 1. The highest BCUT2D eigenvalue weighted by Crippen LogP contribution is 2.28. The van der Waals surface area contributed by atoms with Gasteiger partial charge in [0.1, 0.15) is 17.7 Å². The van der Waals surface area contributed by atoms with Crippen molar-refractivity contribution in [1.29, 1.82) is 0 Å². The molecule has 1 aliphatic carbocycles. The Morgan fingerprint density at radius 3 is 2.57 bits per heavy atom. The number of benzene rings is 1. The molecule has 0 spiro atoms. The number of nitrogens with zero attached hydrogens (tertiary/aromatic N) is 1. The Hall–Kier alpha value is -2.74. The molecule has 3 rings (SSSR count). The first kappa shape index (κ1) is 22.0. The van der Waals surface area contributed by atoms with E-state index in [-0.39, 0.29) is 30.8 Å². The van der Waals surface area contributed by atoms with Crippen molar-refractivity contribution in [3.8, 4) is 0 Å². The molecule has 2 aromatic rings. The number of ether oxygens (including phenoxy) is 1. The quantitative estimate of drug-likeness (QED) is 0.627. The Balaban J connectivity index is 1.50. The van der Waals surface area contributed by atoms with Gasteiger partial charge in [0.15, 0.2) is 0 Å². The Bertz CT molecular complexity index is 888. The highest BCUT2D eigenvalue weighted by Gasteiger charge is 2.32. The van der Waals surface area contributed by atoms with Gasteiger partial charge in [-0.3, -0.25) is 9.59 Å². The minimum atomic E-state index is -0.608. The van der Waals surface area contributed by atoms with Crippen LogP contribution in [0.5, 0.6) is 0 Å². The number of rotatable bonds is 8. The first-order valence-corrected chi connectivity index (χ1v) is 11.0. The maximum absolute atomic E-state index is 12.5. The van der Waals surface area contributed by atoms with Crippen LogP contribution in [0.25, 0.3) is 0 Å². The fourth-order valence-corrected chi connectivity index (χ4v) is 4.37. The molecule has 1 aromatic carbocycles. The van der Waals surface area contributed by atoms with Crippen LogP contribution in [-0.2, 0) is 32.1 Å². The topological polar surface area (TPSA) is 97.4 Å². The van der Waals surface area contributed by atoms with E-state index in [2.05, 4.69) is 15.6 Å². The van der Waals surface area contributed by atoms with E-state index < -0.39 is 12.0 Å². The molecule has 0 bridgehead atoms. The van der Waals surface area contributed by atoms with Crippen molar-refractivity contribution in [3.63, 3.8) is 0 Å². The average molecular weight is 430 g/mol. The van der Waals surface area contributed by atoms with Gasteiger partial charge in [-0.15, -0.1) is 11.3 Å². The fraction of sp³-hybridized carbons (Fsp3) is 0.455. The normalized spacial score (nSPS) is 14.9. The molecule has 0 saturated heterocycles. The Kier molecular flexibility index (Phi) is 7.57. The summed E-state index contributed by atoms with van der Waals surface area (Å²) in [4.78, 5) is 40.6. The molecule has 1 aliphatic rings. The van der Waals surface area contributed by atoms with Gasteiger partial charge in [0.2, 0.25) is 11.8 Å². The second-order valence-corrected chi connectivity index (χ2v) is 8.60. The van der Waals surface area contributed by atoms with Crippen LogP contribution >= 0.6 is 11.3 Å². The lowest BCUT2D eigenvalue weighted by Crippen LogP contribution is -2.45. The summed E-state index contributed by atoms with van der Waals surface area (Å²) in [6.07, 6.45) is 4.11. The lowest BCUT2D eigenvalue weighted by atomic mass is 9.98. The number of amides is 2. The molecule has 2 N–H and O–H groups in total. The zero-order chi connectivity index (χ0) is 21.5. The Labute approximate surface area is 180 Å². The highest BCUT2D eigenvalue weighted by molar-refractivity contribution is 7.09. The van der Waals surface area contributed by atoms with Crippen LogP contribution in [0.2, 0.25) is 0 Å². The molecular weight excluding hydrogens is 402 g/mol. The maximum Gasteiger partial charge on any atom is 0.329 e. The molecule has 1 saturated carbocycles. The zero-order valence-corrected chi connectivity index (χ0v) is 18.1. The smallest absolute Gasteiger partial charge is 0.329 e. The van der Waals surface area contributed by atoms with Crippen LogP contribution in [0.3, 0.4) is 0 Å². The summed E-state index contributed by atoms with van der Waals surface area (Å²) < 4.78 is 5.42. The van der Waals surface area contributed by atoms with E-state index >= 15 is 0 Å². The largest absolute Gasteiger partial charge is 0.458 e. The van der Waals surface area contributed by atoms with Crippen LogP contribution in [0.4, 0.5) is 5.69 Å². The molecule has 1 fully saturated rings. The van der Waals surface area contributed by atoms with Crippen LogP contribution < -0.4 is 10.6 Å². The third-order valence-corrected chi connectivity index (χ3v) is 5.99. The van der Waals surface area contributed by atoms with Crippen LogP contribution in [0.15, 0.2) is 29.6 Å². The third-order valence-electron chi connectivity index (χ3n) is 5.09. The number of carbonyl (C=O) groups is 3. The van der Waals surface area contributed by atoms with Crippen molar-refractivity contribution in [1.82, 2.24) is 10.3 Å². The van der Waals surface area contributed by atoms with Crippen molar-refractivity contribution in [2.24, 2.45) is 5.92 Å². The van der Waals surface area contributed by atoms with Crippen molar-refractivity contribution in [2.45, 2.75) is 58.6 Å². The van der Waals surface area contributed by atoms with Crippen molar-refractivity contribution >= 4 is 34.8 Å². The van der Waals surface area contributed by atoms with Gasteiger partial charge >= 0.3 is 5.97 Å². The molecule has 1 aromatic heterocycles. The second kappa shape index (κ2) is 10.3. The summed E-state index contributed by atoms with van der Waals surface area (Å²) in [5.74, 6) is -0.690. The molecule has 1 unspecified atom stereocenters. The first-order valence-electron chi connectivity index (χ1n) is 10.1. The molecule has 30 heavy (non-hydrogen) atoms. The fourth-order valence-electron chi connectivity index (χ4n) is 3.59. The number of carbonyl (C=O) groups excluding carboxylic acids is 3. The lowest BCUT2D eigenvalue weighted by molar-refractivity contribution is -0.150. The number of thiazole rings is 1. The van der Waals surface area contributed by atoms with Crippen molar-refractivity contribution in [3.05, 3.63) is 45.9 Å². The van der Waals surface area contributed by atoms with Crippen LogP contribution in [0.1, 0.15) is 48.9 Å². The predicted molar refractivity (Wildman–Crippen MR) is 115 cm³/mol. The number of hydrogen-bond donors (Lipinski definition) is 2. The van der Waals surface area contributed by atoms with E-state index in [9.17, 15) is 14.4 Å². The molecule has 1 heterocycles. The van der Waals surface area contributed by atoms with Crippen LogP contribution in [-0.4, -0.2) is 28.8 Å². The SMILES string of the molecule is CC(=O)NC(C(=O)OCc1csc(CC(=O)Nc2ccc(C)cc2)n1)C1CCCC1. The van der Waals surface area contributed by atoms with Gasteiger partial charge < -0.3 is 15.4 Å². The van der Waals surface area contributed by atoms with E-state index in [0.29, 0.717) is 10.7 Å². The molecule has 7 nitrogen and oxygen atoms in total. The predicted octanol–water partition coefficient (Wildman–Crippen LogP) is 3.37. The summed E-state index contributed by atoms with van der Waals surface area (Å²) in [5.41, 5.74) is 2.47. The van der Waals surface area contributed by atoms with E-state index in [1.807, 2.05) is 31.2 Å². The summed E-state index contributed by atoms with van der Waals surface area (Å²) in [6, 6.07) is 6.98. The van der Waals surface area contributed by atoms with Gasteiger partial charge in [0.05, 0.1) is 12.1 Å². The molecule has 8 heteroatoms. The number of aromatic nitrogens is 1. The van der Waals surface area contributed by atoms with E-state index in [4.69, 9.17) is 4.74 Å². The summed E-state index contributed by atoms with van der Waals surface area (Å²) >= 11 is 1.35. The van der Waals surface area contributed by atoms with E-state index in [0.717, 1.165) is 36.9 Å². The molecule has 0 radical (unpaired) electrons. The van der Waals surface area contributed by atoms with E-state index in [1.54, 1.807) is 5.38 Å². The summed E-state index contributed by atoms with van der Waals surface area (Å²) in [6.45, 7) is 3.42. The van der Waals surface area contributed by atoms with Crippen LogP contribution in [0, 0.1) is 12.8 Å². The zero-order valence-electron chi connectivity index (χ0n) is 17.3.